The molecule has 0 fully saturated rings. The molecule has 1 atom stereocenters. The van der Waals surface area contributed by atoms with Gasteiger partial charge >= 0.3 is 0 Å². The van der Waals surface area contributed by atoms with Gasteiger partial charge in [0.15, 0.2) is 0 Å². The summed E-state index contributed by atoms with van der Waals surface area (Å²) >= 11 is 0. The Labute approximate surface area is 111 Å². The van der Waals surface area contributed by atoms with Crippen molar-refractivity contribution in [2.24, 2.45) is 11.7 Å². The van der Waals surface area contributed by atoms with Crippen molar-refractivity contribution in [1.29, 1.82) is 0 Å². The van der Waals surface area contributed by atoms with Crippen LogP contribution >= 0.6 is 0 Å². The van der Waals surface area contributed by atoms with E-state index in [9.17, 15) is 13.2 Å². The van der Waals surface area contributed by atoms with Gasteiger partial charge in [-0.25, -0.2) is 8.42 Å². The van der Waals surface area contributed by atoms with Crippen molar-refractivity contribution in [2.45, 2.75) is 52.4 Å². The first-order valence-corrected chi connectivity index (χ1v) is 8.69. The third-order valence-corrected chi connectivity index (χ3v) is 5.12. The van der Waals surface area contributed by atoms with Crippen LogP contribution in [0, 0.1) is 5.92 Å². The van der Waals surface area contributed by atoms with E-state index in [1.165, 1.54) is 0 Å². The highest BCUT2D eigenvalue weighted by atomic mass is 32.2. The predicted molar refractivity (Wildman–Crippen MR) is 75.3 cm³/mol. The number of ketones is 1. The van der Waals surface area contributed by atoms with Crippen LogP contribution < -0.4 is 5.73 Å². The molecule has 5 heteroatoms. The van der Waals surface area contributed by atoms with Crippen LogP contribution in [0.3, 0.4) is 0 Å². The van der Waals surface area contributed by atoms with E-state index < -0.39 is 9.84 Å². The maximum atomic E-state index is 11.6. The Bertz CT molecular complexity index is 325. The topological polar surface area (TPSA) is 77.2 Å². The van der Waals surface area contributed by atoms with E-state index in [0.717, 1.165) is 19.3 Å². The molecule has 0 spiro atoms. The molecule has 0 aliphatic carbocycles. The fourth-order valence-corrected chi connectivity index (χ4v) is 2.78. The molecule has 0 aromatic heterocycles. The van der Waals surface area contributed by atoms with Gasteiger partial charge < -0.3 is 5.73 Å². The van der Waals surface area contributed by atoms with Gasteiger partial charge in [-0.1, -0.05) is 20.3 Å². The SMILES string of the molecule is CCC(CCN)CCC(=O)CCCS(=O)(=O)CC. The molecule has 0 rings (SSSR count). The number of carbonyl (C=O) groups excluding carboxylic acids is 1. The highest BCUT2D eigenvalue weighted by molar-refractivity contribution is 7.91. The first-order chi connectivity index (χ1) is 8.45. The molecular formula is C13H27NO3S. The van der Waals surface area contributed by atoms with Gasteiger partial charge in [0.05, 0.1) is 5.75 Å². The second-order valence-corrected chi connectivity index (χ2v) is 7.24. The van der Waals surface area contributed by atoms with Crippen molar-refractivity contribution >= 4 is 15.6 Å². The second-order valence-electron chi connectivity index (χ2n) is 4.77. The quantitative estimate of drug-likeness (QED) is 0.626. The van der Waals surface area contributed by atoms with Gasteiger partial charge in [0.2, 0.25) is 0 Å². The summed E-state index contributed by atoms with van der Waals surface area (Å²) in [5.41, 5.74) is 5.50. The zero-order valence-corrected chi connectivity index (χ0v) is 12.5. The second kappa shape index (κ2) is 9.50. The minimum atomic E-state index is -2.93. The van der Waals surface area contributed by atoms with Gasteiger partial charge in [0, 0.05) is 18.6 Å². The Kier molecular flexibility index (Phi) is 9.28. The van der Waals surface area contributed by atoms with E-state index >= 15 is 0 Å². The van der Waals surface area contributed by atoms with Gasteiger partial charge in [-0.3, -0.25) is 4.79 Å². The molecule has 0 aromatic rings. The highest BCUT2D eigenvalue weighted by Gasteiger charge is 2.11. The molecule has 2 N–H and O–H groups in total. The van der Waals surface area contributed by atoms with Crippen LogP contribution in [0.5, 0.6) is 0 Å². The molecule has 0 aliphatic rings. The Morgan fingerprint density at radius 2 is 1.83 bits per heavy atom. The molecular weight excluding hydrogens is 250 g/mol. The van der Waals surface area contributed by atoms with Crippen molar-refractivity contribution in [3.8, 4) is 0 Å². The number of hydrogen-bond donors (Lipinski definition) is 1. The van der Waals surface area contributed by atoms with Gasteiger partial charge in [0.25, 0.3) is 0 Å². The molecule has 0 aliphatic heterocycles. The standard InChI is InChI=1S/C13H27NO3S/c1-3-12(9-10-14)7-8-13(15)6-5-11-18(16,17)4-2/h12H,3-11,14H2,1-2H3. The summed E-state index contributed by atoms with van der Waals surface area (Å²) in [6, 6.07) is 0. The van der Waals surface area contributed by atoms with E-state index in [1.54, 1.807) is 6.92 Å². The third kappa shape index (κ3) is 8.64. The van der Waals surface area contributed by atoms with Gasteiger partial charge in [-0.15, -0.1) is 0 Å². The zero-order valence-electron chi connectivity index (χ0n) is 11.7. The van der Waals surface area contributed by atoms with E-state index in [4.69, 9.17) is 5.73 Å². The lowest BCUT2D eigenvalue weighted by atomic mass is 9.95. The average Bonchev–Trinajstić information content (AvgIpc) is 2.34. The predicted octanol–water partition coefficient (Wildman–Crippen LogP) is 1.93. The monoisotopic (exact) mass is 277 g/mol. The lowest BCUT2D eigenvalue weighted by molar-refractivity contribution is -0.119. The Hall–Kier alpha value is -0.420. The summed E-state index contributed by atoms with van der Waals surface area (Å²) in [6.07, 6.45) is 4.31. The largest absolute Gasteiger partial charge is 0.330 e. The molecule has 0 radical (unpaired) electrons. The van der Waals surface area contributed by atoms with Crippen molar-refractivity contribution < 1.29 is 13.2 Å². The minimum absolute atomic E-state index is 0.134. The maximum absolute atomic E-state index is 11.6. The Morgan fingerprint density at radius 1 is 1.17 bits per heavy atom. The smallest absolute Gasteiger partial charge is 0.150 e. The first kappa shape index (κ1) is 17.6. The fraction of sp³-hybridized carbons (Fsp3) is 0.923. The number of rotatable bonds is 11. The molecule has 0 amide bonds. The lowest BCUT2D eigenvalue weighted by Crippen LogP contribution is -2.12. The molecule has 1 unspecified atom stereocenters. The summed E-state index contributed by atoms with van der Waals surface area (Å²) in [7, 11) is -2.93. The number of nitrogens with two attached hydrogens (primary N) is 1. The summed E-state index contributed by atoms with van der Waals surface area (Å²) in [4.78, 5) is 11.6. The number of Topliss-reactive ketones (excluding diaryl/α,β-unsaturated/α-hetero) is 1. The van der Waals surface area contributed by atoms with Gasteiger partial charge in [-0.05, 0) is 31.7 Å². The highest BCUT2D eigenvalue weighted by Crippen LogP contribution is 2.15. The van der Waals surface area contributed by atoms with Crippen LogP contribution in [0.4, 0.5) is 0 Å². The molecule has 0 bridgehead atoms. The molecule has 0 aromatic carbocycles. The van der Waals surface area contributed by atoms with Crippen molar-refractivity contribution in [2.75, 3.05) is 18.1 Å². The summed E-state index contributed by atoms with van der Waals surface area (Å²) in [5.74, 6) is 1.00. The Morgan fingerprint density at radius 3 is 2.33 bits per heavy atom. The zero-order chi connectivity index (χ0) is 14.0. The van der Waals surface area contributed by atoms with Gasteiger partial charge in [0.1, 0.15) is 15.6 Å². The Balaban J connectivity index is 3.78. The molecule has 0 heterocycles. The number of carbonyl (C=O) groups is 1. The van der Waals surface area contributed by atoms with Crippen LogP contribution in [0.15, 0.2) is 0 Å². The molecule has 108 valence electrons. The van der Waals surface area contributed by atoms with E-state index in [0.29, 0.717) is 31.7 Å². The summed E-state index contributed by atoms with van der Waals surface area (Å²) in [6.45, 7) is 4.41. The first-order valence-electron chi connectivity index (χ1n) is 6.87. The maximum Gasteiger partial charge on any atom is 0.150 e. The number of hydrogen-bond acceptors (Lipinski definition) is 4. The van der Waals surface area contributed by atoms with E-state index in [2.05, 4.69) is 6.92 Å². The third-order valence-electron chi connectivity index (χ3n) is 3.33. The van der Waals surface area contributed by atoms with Crippen molar-refractivity contribution in [3.05, 3.63) is 0 Å². The van der Waals surface area contributed by atoms with Crippen LogP contribution in [0.2, 0.25) is 0 Å². The number of sulfone groups is 1. The molecule has 0 saturated carbocycles. The van der Waals surface area contributed by atoms with Crippen LogP contribution in [-0.2, 0) is 14.6 Å². The average molecular weight is 277 g/mol. The van der Waals surface area contributed by atoms with Crippen LogP contribution in [0.1, 0.15) is 52.4 Å². The summed E-state index contributed by atoms with van der Waals surface area (Å²) < 4.78 is 22.5. The molecule has 0 saturated heterocycles. The normalized spacial score (nSPS) is 13.5. The van der Waals surface area contributed by atoms with Crippen molar-refractivity contribution in [3.63, 3.8) is 0 Å². The van der Waals surface area contributed by atoms with Gasteiger partial charge in [-0.2, -0.15) is 0 Å². The molecule has 18 heavy (non-hydrogen) atoms. The minimum Gasteiger partial charge on any atom is -0.330 e. The van der Waals surface area contributed by atoms with Crippen LogP contribution in [-0.4, -0.2) is 32.3 Å². The summed E-state index contributed by atoms with van der Waals surface area (Å²) in [5, 5.41) is 0. The lowest BCUT2D eigenvalue weighted by Gasteiger charge is -2.12. The van der Waals surface area contributed by atoms with Crippen LogP contribution in [0.25, 0.3) is 0 Å². The van der Waals surface area contributed by atoms with E-state index in [1.807, 2.05) is 0 Å². The van der Waals surface area contributed by atoms with E-state index in [-0.39, 0.29) is 17.3 Å². The fourth-order valence-electron chi connectivity index (χ4n) is 1.91. The molecule has 4 nitrogen and oxygen atoms in total. The van der Waals surface area contributed by atoms with Crippen molar-refractivity contribution in [1.82, 2.24) is 0 Å².